The van der Waals surface area contributed by atoms with Crippen LogP contribution in [0, 0.1) is 0 Å². The van der Waals surface area contributed by atoms with Crippen LogP contribution < -0.4 is 5.32 Å². The molecule has 0 bridgehead atoms. The molecule has 12 unspecified atom stereocenters. The number of ether oxygens (including phenoxy) is 4. The van der Waals surface area contributed by atoms with Crippen LogP contribution in [-0.2, 0) is 23.7 Å². The molecule has 350 valence electrons. The van der Waals surface area contributed by atoms with Gasteiger partial charge in [-0.3, -0.25) is 4.79 Å². The summed E-state index contributed by atoms with van der Waals surface area (Å²) in [5.74, 6) is -0.263. The Morgan fingerprint density at radius 2 is 1.07 bits per heavy atom. The highest BCUT2D eigenvalue weighted by Gasteiger charge is 2.50. The Morgan fingerprint density at radius 3 is 1.63 bits per heavy atom. The van der Waals surface area contributed by atoms with Crippen LogP contribution in [0.3, 0.4) is 0 Å². The minimum atomic E-state index is -1.79. The molecule has 2 rings (SSSR count). The number of aliphatic hydroxyl groups is 8. The number of nitrogens with one attached hydrogen (secondary N) is 1. The summed E-state index contributed by atoms with van der Waals surface area (Å²) in [6.07, 6.45) is 19.4. The van der Waals surface area contributed by atoms with Crippen LogP contribution in [0.25, 0.3) is 0 Å². The fourth-order valence-electron chi connectivity index (χ4n) is 7.44. The molecule has 0 aromatic carbocycles. The van der Waals surface area contributed by atoms with Crippen LogP contribution in [0.4, 0.5) is 0 Å². The Labute approximate surface area is 360 Å². The van der Waals surface area contributed by atoms with E-state index in [9.17, 15) is 45.6 Å². The van der Waals surface area contributed by atoms with Crippen molar-refractivity contribution < 1.29 is 64.6 Å². The fourth-order valence-corrected chi connectivity index (χ4v) is 7.44. The van der Waals surface area contributed by atoms with E-state index in [1.54, 1.807) is 6.08 Å². The maximum Gasteiger partial charge on any atom is 0.220 e. The molecule has 14 heteroatoms. The summed E-state index contributed by atoms with van der Waals surface area (Å²) in [4.78, 5) is 13.0. The van der Waals surface area contributed by atoms with Gasteiger partial charge >= 0.3 is 0 Å². The SMILES string of the molecule is CCCCCCCCCCC/C=C/CC/C=C/CC/C=C/C(O)C(COC1OC(CO)C(OC2OC(CO)C(O)C(O)C2O)C(O)C1O)NC(=O)CCCCCCCCC. The fraction of sp³-hybridized carbons (Fsp3) is 0.848. The van der Waals surface area contributed by atoms with E-state index in [1.165, 1.54) is 70.6 Å². The van der Waals surface area contributed by atoms with Crippen molar-refractivity contribution in [2.24, 2.45) is 0 Å². The smallest absolute Gasteiger partial charge is 0.220 e. The molecule has 2 fully saturated rings. The number of hydrogen-bond donors (Lipinski definition) is 9. The number of rotatable bonds is 34. The monoisotopic (exact) mass is 858 g/mol. The predicted molar refractivity (Wildman–Crippen MR) is 231 cm³/mol. The van der Waals surface area contributed by atoms with E-state index in [-0.39, 0.29) is 18.9 Å². The summed E-state index contributed by atoms with van der Waals surface area (Å²) in [5, 5.41) is 86.3. The molecule has 0 aromatic heterocycles. The quantitative estimate of drug-likeness (QED) is 0.0315. The van der Waals surface area contributed by atoms with Crippen LogP contribution in [0.1, 0.15) is 155 Å². The minimum Gasteiger partial charge on any atom is -0.394 e. The highest BCUT2D eigenvalue weighted by atomic mass is 16.7. The number of carbonyl (C=O) groups excluding carboxylic acids is 1. The van der Waals surface area contributed by atoms with Crippen molar-refractivity contribution in [1.29, 1.82) is 0 Å². The van der Waals surface area contributed by atoms with Gasteiger partial charge in [-0.1, -0.05) is 140 Å². The zero-order valence-corrected chi connectivity index (χ0v) is 36.7. The molecular formula is C46H83NO13. The van der Waals surface area contributed by atoms with E-state index < -0.39 is 86.8 Å². The lowest BCUT2D eigenvalue weighted by Crippen LogP contribution is -2.65. The number of amides is 1. The van der Waals surface area contributed by atoms with Crippen LogP contribution in [0.5, 0.6) is 0 Å². The molecule has 0 aromatic rings. The van der Waals surface area contributed by atoms with E-state index in [2.05, 4.69) is 43.5 Å². The van der Waals surface area contributed by atoms with E-state index >= 15 is 0 Å². The highest BCUT2D eigenvalue weighted by Crippen LogP contribution is 2.30. The standard InChI is InChI=1S/C46H83NO13/c1-3-5-7-9-11-12-13-14-15-16-17-18-19-20-21-22-24-25-27-29-35(50)34(47-38(51)30-28-26-23-10-8-6-4-2)33-57-45-43(56)41(54)44(37(32-49)59-45)60-46-42(55)40(53)39(52)36(31-48)58-46/h17-18,21-22,27,29,34-37,39-46,48-50,52-56H,3-16,19-20,23-26,28,30-33H2,1-2H3,(H,47,51)/b18-17+,22-21+,29-27+. The van der Waals surface area contributed by atoms with Gasteiger partial charge in [-0.25, -0.2) is 0 Å². The van der Waals surface area contributed by atoms with Gasteiger partial charge < -0.3 is 65.1 Å². The zero-order chi connectivity index (χ0) is 44.0. The first-order valence-corrected chi connectivity index (χ1v) is 23.2. The second kappa shape index (κ2) is 33.7. The van der Waals surface area contributed by atoms with Gasteiger partial charge in [0.25, 0.3) is 0 Å². The minimum absolute atomic E-state index is 0.263. The van der Waals surface area contributed by atoms with Gasteiger partial charge in [0.1, 0.15) is 48.8 Å². The molecule has 2 aliphatic heterocycles. The van der Waals surface area contributed by atoms with Crippen LogP contribution >= 0.6 is 0 Å². The summed E-state index contributed by atoms with van der Waals surface area (Å²) >= 11 is 0. The second-order valence-electron chi connectivity index (χ2n) is 16.5. The van der Waals surface area contributed by atoms with Crippen LogP contribution in [0.15, 0.2) is 36.5 Å². The number of aliphatic hydroxyl groups excluding tert-OH is 8. The normalized spacial score (nSPS) is 28.6. The van der Waals surface area contributed by atoms with Gasteiger partial charge in [0.05, 0.1) is 32.0 Å². The summed E-state index contributed by atoms with van der Waals surface area (Å²) in [6, 6.07) is -0.931. The largest absolute Gasteiger partial charge is 0.394 e. The predicted octanol–water partition coefficient (Wildman–Crippen LogP) is 4.76. The van der Waals surface area contributed by atoms with Crippen LogP contribution in [0.2, 0.25) is 0 Å². The summed E-state index contributed by atoms with van der Waals surface area (Å²) in [6.45, 7) is 2.68. The van der Waals surface area contributed by atoms with Crippen molar-refractivity contribution in [1.82, 2.24) is 5.32 Å². The molecule has 0 spiro atoms. The van der Waals surface area contributed by atoms with Crippen molar-refractivity contribution >= 4 is 5.91 Å². The second-order valence-corrected chi connectivity index (χ2v) is 16.5. The Kier molecular flexibility index (Phi) is 30.5. The topological polar surface area (TPSA) is 228 Å². The zero-order valence-electron chi connectivity index (χ0n) is 36.7. The Bertz CT molecular complexity index is 1150. The summed E-state index contributed by atoms with van der Waals surface area (Å²) in [7, 11) is 0. The Hall–Kier alpha value is -1.79. The van der Waals surface area contributed by atoms with Crippen molar-refractivity contribution in [3.8, 4) is 0 Å². The molecule has 0 saturated carbocycles. The number of hydrogen-bond acceptors (Lipinski definition) is 13. The lowest BCUT2D eigenvalue weighted by molar-refractivity contribution is -0.359. The number of carbonyl (C=O) groups is 1. The molecule has 2 aliphatic rings. The lowest BCUT2D eigenvalue weighted by Gasteiger charge is -2.46. The van der Waals surface area contributed by atoms with Gasteiger partial charge in [0.2, 0.25) is 5.91 Å². The first kappa shape index (κ1) is 54.3. The highest BCUT2D eigenvalue weighted by molar-refractivity contribution is 5.76. The molecule has 60 heavy (non-hydrogen) atoms. The molecule has 2 saturated heterocycles. The molecule has 0 aliphatic carbocycles. The number of allylic oxidation sites excluding steroid dienone is 5. The molecule has 12 atom stereocenters. The third kappa shape index (κ3) is 21.5. The number of unbranched alkanes of at least 4 members (excludes halogenated alkanes) is 17. The van der Waals surface area contributed by atoms with Gasteiger partial charge in [-0.2, -0.15) is 0 Å². The molecule has 2 heterocycles. The lowest BCUT2D eigenvalue weighted by atomic mass is 9.97. The average Bonchev–Trinajstić information content (AvgIpc) is 3.24. The average molecular weight is 858 g/mol. The maximum atomic E-state index is 13.0. The van der Waals surface area contributed by atoms with Crippen LogP contribution in [-0.4, -0.2) is 140 Å². The van der Waals surface area contributed by atoms with Crippen molar-refractivity contribution in [2.45, 2.75) is 229 Å². The van der Waals surface area contributed by atoms with Gasteiger partial charge in [0.15, 0.2) is 12.6 Å². The van der Waals surface area contributed by atoms with Crippen molar-refractivity contribution in [3.05, 3.63) is 36.5 Å². The van der Waals surface area contributed by atoms with Crippen molar-refractivity contribution in [3.63, 3.8) is 0 Å². The summed E-state index contributed by atoms with van der Waals surface area (Å²) in [5.41, 5.74) is 0. The van der Waals surface area contributed by atoms with E-state index in [0.717, 1.165) is 51.4 Å². The molecule has 1 amide bonds. The van der Waals surface area contributed by atoms with Gasteiger partial charge in [-0.15, -0.1) is 0 Å². The van der Waals surface area contributed by atoms with Gasteiger partial charge in [-0.05, 0) is 44.9 Å². The maximum absolute atomic E-state index is 13.0. The first-order valence-electron chi connectivity index (χ1n) is 23.2. The molecule has 14 nitrogen and oxygen atoms in total. The Morgan fingerprint density at radius 1 is 0.583 bits per heavy atom. The summed E-state index contributed by atoms with van der Waals surface area (Å²) < 4.78 is 22.6. The first-order chi connectivity index (χ1) is 29.1. The van der Waals surface area contributed by atoms with Gasteiger partial charge in [0, 0.05) is 6.42 Å². The molecule has 9 N–H and O–H groups in total. The molecule has 0 radical (unpaired) electrons. The van der Waals surface area contributed by atoms with E-state index in [0.29, 0.717) is 12.8 Å². The molecular weight excluding hydrogens is 774 g/mol. The third-order valence-electron chi connectivity index (χ3n) is 11.3. The van der Waals surface area contributed by atoms with Crippen molar-refractivity contribution in [2.75, 3.05) is 19.8 Å². The third-order valence-corrected chi connectivity index (χ3v) is 11.3. The van der Waals surface area contributed by atoms with E-state index in [1.807, 2.05) is 6.08 Å². The Balaban J connectivity index is 1.87. The van der Waals surface area contributed by atoms with E-state index in [4.69, 9.17) is 18.9 Å².